The van der Waals surface area contributed by atoms with Crippen LogP contribution in [0.3, 0.4) is 0 Å². The van der Waals surface area contributed by atoms with Crippen LogP contribution in [0, 0.1) is 17.8 Å². The molecule has 2 N–H and O–H groups in total. The van der Waals surface area contributed by atoms with E-state index in [2.05, 4.69) is 10.6 Å². The lowest BCUT2D eigenvalue weighted by Gasteiger charge is -2.56. The van der Waals surface area contributed by atoms with Crippen LogP contribution in [-0.4, -0.2) is 30.7 Å². The summed E-state index contributed by atoms with van der Waals surface area (Å²) in [6, 6.07) is 17.0. The molecular weight excluding hydrogens is 440 g/mol. The number of urea groups is 1. The third kappa shape index (κ3) is 5.63. The second kappa shape index (κ2) is 10.3. The van der Waals surface area contributed by atoms with Gasteiger partial charge >= 0.3 is 12.0 Å². The third-order valence-electron chi connectivity index (χ3n) is 7.90. The van der Waals surface area contributed by atoms with Gasteiger partial charge in [0.15, 0.2) is 0 Å². The number of rotatable bonds is 9. The van der Waals surface area contributed by atoms with Crippen molar-refractivity contribution in [2.45, 2.75) is 63.5 Å². The number of nitrogens with one attached hydrogen (secondary N) is 2. The molecule has 0 saturated heterocycles. The molecule has 4 aliphatic rings. The zero-order valence-electron chi connectivity index (χ0n) is 20.5. The monoisotopic (exact) mass is 476 g/mol. The molecule has 6 nitrogen and oxygen atoms in total. The van der Waals surface area contributed by atoms with Gasteiger partial charge < -0.3 is 20.1 Å². The van der Waals surface area contributed by atoms with E-state index in [1.54, 1.807) is 25.1 Å². The van der Waals surface area contributed by atoms with E-state index in [1.807, 2.05) is 36.4 Å². The Kier molecular flexibility index (Phi) is 6.98. The summed E-state index contributed by atoms with van der Waals surface area (Å²) >= 11 is 0. The first-order valence-corrected chi connectivity index (χ1v) is 13.1. The fourth-order valence-corrected chi connectivity index (χ4v) is 6.90. The molecule has 186 valence electrons. The summed E-state index contributed by atoms with van der Waals surface area (Å²) < 4.78 is 11.4. The molecule has 2 aromatic carbocycles. The van der Waals surface area contributed by atoms with E-state index in [0.29, 0.717) is 30.9 Å². The number of carbonyl (C=O) groups is 2. The second-order valence-corrected chi connectivity index (χ2v) is 10.6. The van der Waals surface area contributed by atoms with Gasteiger partial charge in [-0.15, -0.1) is 0 Å². The first-order valence-electron chi connectivity index (χ1n) is 13.1. The van der Waals surface area contributed by atoms with Crippen molar-refractivity contribution in [3.8, 4) is 5.75 Å². The molecule has 2 amide bonds. The Morgan fingerprint density at radius 3 is 2.31 bits per heavy atom. The van der Waals surface area contributed by atoms with Crippen LogP contribution in [0.4, 0.5) is 4.79 Å². The predicted molar refractivity (Wildman–Crippen MR) is 134 cm³/mol. The van der Waals surface area contributed by atoms with Gasteiger partial charge in [-0.2, -0.15) is 0 Å². The maximum absolute atomic E-state index is 12.9. The van der Waals surface area contributed by atoms with Crippen LogP contribution in [0.15, 0.2) is 54.6 Å². The molecule has 6 rings (SSSR count). The number of ether oxygens (including phenoxy) is 2. The van der Waals surface area contributed by atoms with Crippen LogP contribution in [0.25, 0.3) is 0 Å². The Balaban J connectivity index is 1.19. The van der Waals surface area contributed by atoms with Crippen molar-refractivity contribution in [3.05, 3.63) is 65.7 Å². The smallest absolute Gasteiger partial charge is 0.338 e. The third-order valence-corrected chi connectivity index (χ3v) is 7.90. The number of carbonyl (C=O) groups excluding carboxylic acids is 2. The number of hydrogen-bond acceptors (Lipinski definition) is 4. The standard InChI is InChI=1S/C29H36N2O4/c1-2-34-27(32)24-9-6-10-25(16-24)35-26(23-7-4-3-5-8-23)11-12-30-28(33)31-29-17-20-13-21(18-29)15-22(14-20)19-29/h3-10,16,20-22,26H,2,11-15,17-19H2,1H3,(H2,30,31,33). The maximum atomic E-state index is 12.9. The summed E-state index contributed by atoms with van der Waals surface area (Å²) in [6.07, 6.45) is 7.84. The number of hydrogen-bond donors (Lipinski definition) is 2. The van der Waals surface area contributed by atoms with Crippen LogP contribution < -0.4 is 15.4 Å². The molecular formula is C29H36N2O4. The van der Waals surface area contributed by atoms with Crippen molar-refractivity contribution in [2.24, 2.45) is 17.8 Å². The average Bonchev–Trinajstić information content (AvgIpc) is 2.83. The molecule has 4 saturated carbocycles. The van der Waals surface area contributed by atoms with Crippen molar-refractivity contribution in [1.82, 2.24) is 10.6 Å². The highest BCUT2D eigenvalue weighted by atomic mass is 16.5. The summed E-state index contributed by atoms with van der Waals surface area (Å²) in [6.45, 7) is 2.61. The lowest BCUT2D eigenvalue weighted by atomic mass is 9.53. The Labute approximate surface area is 207 Å². The highest BCUT2D eigenvalue weighted by Gasteiger charge is 2.51. The van der Waals surface area contributed by atoms with Gasteiger partial charge in [0, 0.05) is 18.5 Å². The Morgan fingerprint density at radius 2 is 1.66 bits per heavy atom. The number of amides is 2. The van der Waals surface area contributed by atoms with Gasteiger partial charge in [-0.05, 0) is 87.0 Å². The molecule has 0 aliphatic heterocycles. The van der Waals surface area contributed by atoms with E-state index in [4.69, 9.17) is 9.47 Å². The van der Waals surface area contributed by atoms with Crippen molar-refractivity contribution in [2.75, 3.05) is 13.2 Å². The van der Waals surface area contributed by atoms with E-state index in [-0.39, 0.29) is 23.6 Å². The van der Waals surface area contributed by atoms with Gasteiger partial charge in [0.2, 0.25) is 0 Å². The minimum atomic E-state index is -0.364. The zero-order valence-corrected chi connectivity index (χ0v) is 20.5. The number of esters is 1. The average molecular weight is 477 g/mol. The van der Waals surface area contributed by atoms with Gasteiger partial charge in [0.25, 0.3) is 0 Å². The minimum absolute atomic E-state index is 0.00169. The first kappa shape index (κ1) is 23.7. The first-order chi connectivity index (χ1) is 17.0. The fraction of sp³-hybridized carbons (Fsp3) is 0.517. The molecule has 6 heteroatoms. The number of benzene rings is 2. The van der Waals surface area contributed by atoms with E-state index in [9.17, 15) is 9.59 Å². The Morgan fingerprint density at radius 1 is 0.971 bits per heavy atom. The molecule has 4 fully saturated rings. The minimum Gasteiger partial charge on any atom is -0.486 e. The van der Waals surface area contributed by atoms with Gasteiger partial charge in [-0.3, -0.25) is 0 Å². The quantitative estimate of drug-likeness (QED) is 0.459. The summed E-state index contributed by atoms with van der Waals surface area (Å²) in [4.78, 5) is 25.0. The molecule has 4 bridgehead atoms. The molecule has 35 heavy (non-hydrogen) atoms. The van der Waals surface area contributed by atoms with Crippen molar-refractivity contribution in [1.29, 1.82) is 0 Å². The van der Waals surface area contributed by atoms with Crippen molar-refractivity contribution >= 4 is 12.0 Å². The summed E-state index contributed by atoms with van der Waals surface area (Å²) in [5.41, 5.74) is 1.49. The molecule has 0 aromatic heterocycles. The Hall–Kier alpha value is -3.02. The molecule has 0 radical (unpaired) electrons. The summed E-state index contributed by atoms with van der Waals surface area (Å²) in [5, 5.41) is 6.46. The lowest BCUT2D eigenvalue weighted by molar-refractivity contribution is -0.0135. The van der Waals surface area contributed by atoms with Gasteiger partial charge in [0.05, 0.1) is 12.2 Å². The van der Waals surface area contributed by atoms with Gasteiger partial charge in [0.1, 0.15) is 11.9 Å². The molecule has 0 heterocycles. The van der Waals surface area contributed by atoms with E-state index in [0.717, 1.165) is 42.6 Å². The Bertz CT molecular complexity index is 1000. The highest BCUT2D eigenvalue weighted by molar-refractivity contribution is 5.89. The van der Waals surface area contributed by atoms with Crippen molar-refractivity contribution < 1.29 is 19.1 Å². The van der Waals surface area contributed by atoms with Crippen LogP contribution >= 0.6 is 0 Å². The normalized spacial score (nSPS) is 27.2. The van der Waals surface area contributed by atoms with Crippen LogP contribution in [0.2, 0.25) is 0 Å². The summed E-state index contributed by atoms with van der Waals surface area (Å²) in [5.74, 6) is 2.62. The molecule has 2 aromatic rings. The highest BCUT2D eigenvalue weighted by Crippen LogP contribution is 2.55. The molecule has 1 atom stereocenters. The van der Waals surface area contributed by atoms with E-state index >= 15 is 0 Å². The van der Waals surface area contributed by atoms with E-state index in [1.165, 1.54) is 19.3 Å². The van der Waals surface area contributed by atoms with Crippen LogP contribution in [0.1, 0.15) is 73.9 Å². The molecule has 4 aliphatic carbocycles. The van der Waals surface area contributed by atoms with Crippen LogP contribution in [0.5, 0.6) is 5.75 Å². The lowest BCUT2D eigenvalue weighted by Crippen LogP contribution is -2.61. The SMILES string of the molecule is CCOC(=O)c1cccc(OC(CCNC(=O)NC23CC4CC(CC(C4)C2)C3)c2ccccc2)c1. The molecule has 0 spiro atoms. The van der Waals surface area contributed by atoms with E-state index < -0.39 is 0 Å². The zero-order chi connectivity index (χ0) is 24.3. The fourth-order valence-electron chi connectivity index (χ4n) is 6.90. The predicted octanol–water partition coefficient (Wildman–Crippen LogP) is 5.64. The topological polar surface area (TPSA) is 76.7 Å². The second-order valence-electron chi connectivity index (χ2n) is 10.6. The largest absolute Gasteiger partial charge is 0.486 e. The van der Waals surface area contributed by atoms with Gasteiger partial charge in [-0.25, -0.2) is 9.59 Å². The summed E-state index contributed by atoms with van der Waals surface area (Å²) in [7, 11) is 0. The van der Waals surface area contributed by atoms with Crippen molar-refractivity contribution in [3.63, 3.8) is 0 Å². The van der Waals surface area contributed by atoms with Gasteiger partial charge in [-0.1, -0.05) is 36.4 Å². The molecule has 1 unspecified atom stereocenters. The van der Waals surface area contributed by atoms with Crippen LogP contribution in [-0.2, 0) is 4.74 Å². The maximum Gasteiger partial charge on any atom is 0.338 e.